The molecule has 0 bridgehead atoms. The predicted octanol–water partition coefficient (Wildman–Crippen LogP) is 6.93. The van der Waals surface area contributed by atoms with E-state index in [0.29, 0.717) is 39.1 Å². The van der Waals surface area contributed by atoms with Crippen LogP contribution in [-0.4, -0.2) is 64.7 Å². The molecule has 1 saturated carbocycles. The average Bonchev–Trinajstić information content (AvgIpc) is 3.49. The molecule has 52 heavy (non-hydrogen) atoms. The van der Waals surface area contributed by atoms with Crippen molar-refractivity contribution in [2.24, 2.45) is 17.8 Å². The number of nitrogens with zero attached hydrogens (tertiary/aromatic N) is 2. The summed E-state index contributed by atoms with van der Waals surface area (Å²) in [5, 5.41) is 11.9. The monoisotopic (exact) mass is 736 g/mol. The van der Waals surface area contributed by atoms with Crippen molar-refractivity contribution in [2.45, 2.75) is 28.5 Å². The first-order chi connectivity index (χ1) is 24.9. The summed E-state index contributed by atoms with van der Waals surface area (Å²) in [5.74, 6) is -3.69. The third kappa shape index (κ3) is 4.68. The fourth-order valence-electron chi connectivity index (χ4n) is 8.79. The van der Waals surface area contributed by atoms with Gasteiger partial charge < -0.3 is 14.6 Å². The first kappa shape index (κ1) is 34.0. The molecule has 8 rings (SSSR count). The van der Waals surface area contributed by atoms with Gasteiger partial charge in [-0.1, -0.05) is 66.3 Å². The maximum absolute atomic E-state index is 14.5. The number of hydrogen-bond donors (Lipinski definition) is 1. The normalized spacial score (nSPS) is 28.3. The number of ether oxygens (including phenoxy) is 2. The van der Waals surface area contributed by atoms with E-state index in [1.54, 1.807) is 44.6 Å². The lowest BCUT2D eigenvalue weighted by molar-refractivity contribution is -0.138. The van der Waals surface area contributed by atoms with E-state index in [2.05, 4.69) is 0 Å². The number of hydrogen-bond acceptors (Lipinski definition) is 7. The summed E-state index contributed by atoms with van der Waals surface area (Å²) < 4.78 is 10.8. The lowest BCUT2D eigenvalue weighted by Gasteiger charge is -2.51. The van der Waals surface area contributed by atoms with Crippen LogP contribution in [0.15, 0.2) is 90.5 Å². The topological polar surface area (TPSA) is 113 Å². The van der Waals surface area contributed by atoms with Crippen LogP contribution in [0.3, 0.4) is 0 Å². The summed E-state index contributed by atoms with van der Waals surface area (Å²) in [6, 6.07) is 23.0. The van der Waals surface area contributed by atoms with Crippen LogP contribution < -0.4 is 14.4 Å². The van der Waals surface area contributed by atoms with E-state index in [0.717, 1.165) is 16.0 Å². The molecule has 4 aromatic rings. The number of anilines is 1. The minimum absolute atomic E-state index is 0.0461. The standard InChI is InChI=1S/C41H34Cl2N2O7/c1-44-38(49)40(42)21-31-29(35(41(40,43)39(44)50)28-17-18-32(46)27-7-5-4-6-26(27)28)15-16-30-34(31)37(48)45(36(30)47)24-12-9-22(10-13-24)8-11-23-20-25(51-2)14-19-33(23)52-3/h4-15,17-20,30-31,34-35,46H,16,21H2,1-3H3/t30-,31+,34-,35-,40+,41-/m0/s1. The number of aromatic hydroxyl groups is 1. The van der Waals surface area contributed by atoms with Gasteiger partial charge in [-0.25, -0.2) is 0 Å². The molecule has 6 atom stereocenters. The van der Waals surface area contributed by atoms with E-state index in [1.165, 1.54) is 18.0 Å². The summed E-state index contributed by atoms with van der Waals surface area (Å²) in [6.07, 6.45) is 5.84. The van der Waals surface area contributed by atoms with Crippen LogP contribution in [-0.2, 0) is 19.2 Å². The van der Waals surface area contributed by atoms with Gasteiger partial charge in [0.15, 0.2) is 9.75 Å². The highest BCUT2D eigenvalue weighted by Gasteiger charge is 2.76. The lowest BCUT2D eigenvalue weighted by atomic mass is 9.56. The molecule has 2 saturated heterocycles. The fourth-order valence-corrected chi connectivity index (χ4v) is 9.80. The number of likely N-dealkylation sites (tertiary alicyclic amines) is 1. The van der Waals surface area contributed by atoms with Crippen LogP contribution in [0.4, 0.5) is 5.69 Å². The molecule has 4 aliphatic rings. The van der Waals surface area contributed by atoms with Crippen molar-refractivity contribution in [3.63, 3.8) is 0 Å². The molecule has 0 radical (unpaired) electrons. The number of halogens is 2. The van der Waals surface area contributed by atoms with Gasteiger partial charge in [0, 0.05) is 23.9 Å². The number of rotatable bonds is 6. The molecule has 11 heteroatoms. The largest absolute Gasteiger partial charge is 0.507 e. The second-order valence-electron chi connectivity index (χ2n) is 13.8. The highest BCUT2D eigenvalue weighted by molar-refractivity contribution is 6.53. The third-order valence-corrected chi connectivity index (χ3v) is 12.7. The predicted molar refractivity (Wildman–Crippen MR) is 198 cm³/mol. The van der Waals surface area contributed by atoms with Gasteiger partial charge >= 0.3 is 0 Å². The Morgan fingerprint density at radius 1 is 0.827 bits per heavy atom. The highest BCUT2D eigenvalue weighted by atomic mass is 35.5. The molecule has 0 unspecified atom stereocenters. The van der Waals surface area contributed by atoms with Gasteiger partial charge in [-0.05, 0) is 71.7 Å². The van der Waals surface area contributed by atoms with Gasteiger partial charge in [0.2, 0.25) is 11.8 Å². The maximum atomic E-state index is 14.5. The Balaban J connectivity index is 1.16. The Morgan fingerprint density at radius 2 is 1.56 bits per heavy atom. The maximum Gasteiger partial charge on any atom is 0.253 e. The van der Waals surface area contributed by atoms with Gasteiger partial charge in [-0.3, -0.25) is 29.0 Å². The average molecular weight is 738 g/mol. The zero-order valence-electron chi connectivity index (χ0n) is 28.5. The Hall–Kier alpha value is -5.12. The van der Waals surface area contributed by atoms with Crippen LogP contribution in [0.5, 0.6) is 17.2 Å². The molecule has 0 aromatic heterocycles. The van der Waals surface area contributed by atoms with Gasteiger partial charge in [-0.15, -0.1) is 23.2 Å². The summed E-state index contributed by atoms with van der Waals surface area (Å²) in [4.78, 5) is 54.8. The SMILES string of the molecule is COc1ccc(OC)c(C=Cc2ccc(N3C(=O)[C@H]4[C@H](CC=C5[C@H]4C[C@@]4(Cl)C(=O)N(C)C(=O)[C@@]4(Cl)[C@H]5c4ccc(O)c5ccccc45)C3=O)cc2)c1. The summed E-state index contributed by atoms with van der Waals surface area (Å²) in [6.45, 7) is 0. The molecule has 4 amide bonds. The van der Waals surface area contributed by atoms with E-state index in [-0.39, 0.29) is 24.5 Å². The van der Waals surface area contributed by atoms with Crippen LogP contribution in [0.2, 0.25) is 0 Å². The molecule has 9 nitrogen and oxygen atoms in total. The zero-order valence-corrected chi connectivity index (χ0v) is 30.0. The third-order valence-electron chi connectivity index (χ3n) is 11.3. The van der Waals surface area contributed by atoms with Gasteiger partial charge in [-0.2, -0.15) is 0 Å². The minimum Gasteiger partial charge on any atom is -0.507 e. The van der Waals surface area contributed by atoms with Gasteiger partial charge in [0.25, 0.3) is 11.8 Å². The number of allylic oxidation sites excluding steroid dienone is 2. The molecule has 3 fully saturated rings. The Bertz CT molecular complexity index is 2270. The van der Waals surface area contributed by atoms with Crippen molar-refractivity contribution >= 4 is 75.4 Å². The van der Waals surface area contributed by atoms with Crippen LogP contribution in [0.25, 0.3) is 22.9 Å². The van der Waals surface area contributed by atoms with Gasteiger partial charge in [0.1, 0.15) is 17.2 Å². The molecule has 264 valence electrons. The second-order valence-corrected chi connectivity index (χ2v) is 15.0. The van der Waals surface area contributed by atoms with Crippen LogP contribution in [0.1, 0.15) is 35.4 Å². The number of methoxy groups -OCH3 is 2. The number of carbonyl (C=O) groups excluding carboxylic acids is 4. The zero-order chi connectivity index (χ0) is 36.7. The van der Waals surface area contributed by atoms with E-state index in [9.17, 15) is 24.3 Å². The van der Waals surface area contributed by atoms with Crippen LogP contribution >= 0.6 is 23.2 Å². The molecule has 2 aliphatic heterocycles. The number of imide groups is 2. The van der Waals surface area contributed by atoms with Crippen molar-refractivity contribution in [1.82, 2.24) is 4.90 Å². The van der Waals surface area contributed by atoms with Crippen molar-refractivity contribution in [1.29, 1.82) is 0 Å². The first-order valence-electron chi connectivity index (χ1n) is 16.9. The molecular formula is C41H34Cl2N2O7. The minimum atomic E-state index is -1.92. The smallest absolute Gasteiger partial charge is 0.253 e. The molecule has 2 aliphatic carbocycles. The molecular weight excluding hydrogens is 703 g/mol. The Labute approximate surface area is 310 Å². The fraction of sp³-hybridized carbons (Fsp3) is 0.268. The number of alkyl halides is 2. The number of carbonyl (C=O) groups is 4. The van der Waals surface area contributed by atoms with Crippen molar-refractivity contribution in [3.05, 3.63) is 107 Å². The number of benzene rings is 4. The van der Waals surface area contributed by atoms with E-state index >= 15 is 0 Å². The second kappa shape index (κ2) is 12.2. The summed E-state index contributed by atoms with van der Waals surface area (Å²) in [7, 11) is 4.56. The van der Waals surface area contributed by atoms with Crippen molar-refractivity contribution in [3.8, 4) is 17.2 Å². The molecule has 2 heterocycles. The quantitative estimate of drug-likeness (QED) is 0.0989. The van der Waals surface area contributed by atoms with E-state index < -0.39 is 51.1 Å². The van der Waals surface area contributed by atoms with E-state index in [1.807, 2.05) is 60.7 Å². The number of fused-ring (bicyclic) bond motifs is 5. The van der Waals surface area contributed by atoms with Crippen molar-refractivity contribution < 1.29 is 33.8 Å². The number of phenolic OH excluding ortho intramolecular Hbond substituents is 1. The van der Waals surface area contributed by atoms with E-state index in [4.69, 9.17) is 32.7 Å². The molecule has 1 N–H and O–H groups in total. The van der Waals surface area contributed by atoms with Crippen molar-refractivity contribution in [2.75, 3.05) is 26.2 Å². The number of amides is 4. The lowest BCUT2D eigenvalue weighted by Crippen LogP contribution is -2.60. The van der Waals surface area contributed by atoms with Gasteiger partial charge in [0.05, 0.1) is 31.7 Å². The molecule has 4 aromatic carbocycles. The summed E-state index contributed by atoms with van der Waals surface area (Å²) in [5.41, 5.74) is 3.37. The summed E-state index contributed by atoms with van der Waals surface area (Å²) >= 11 is 14.7. The molecule has 0 spiro atoms. The first-order valence-corrected chi connectivity index (χ1v) is 17.7. The highest BCUT2D eigenvalue weighted by Crippen LogP contribution is 2.66. The Kier molecular flexibility index (Phi) is 8.00. The Morgan fingerprint density at radius 3 is 2.27 bits per heavy atom. The number of phenols is 1. The van der Waals surface area contributed by atoms with Crippen LogP contribution in [0, 0.1) is 17.8 Å².